The minimum Gasteiger partial charge on any atom is -0.497 e. The monoisotopic (exact) mass is 559 g/mol. The topological polar surface area (TPSA) is 38.7 Å². The Morgan fingerprint density at radius 2 is 1.12 bits per heavy atom. The molecule has 1 atom stereocenters. The maximum absolute atomic E-state index is 9.42. The third-order valence-corrected chi connectivity index (χ3v) is 8.24. The predicted octanol–water partition coefficient (Wildman–Crippen LogP) is 11.4. The van der Waals surface area contributed by atoms with Crippen molar-refractivity contribution in [3.63, 3.8) is 0 Å². The number of hydrogen-bond acceptors (Lipinski definition) is 3. The van der Waals surface area contributed by atoms with Crippen LogP contribution in [0.3, 0.4) is 0 Å². The second kappa shape index (κ2) is 29.2. The van der Waals surface area contributed by atoms with E-state index in [2.05, 4.69) is 31.2 Å². The SMILES string of the molecule is CCCCCCCCCC(CCO)CCCCCCCCC/C=C\CCCCCCOCc1ccc(OC)cc1. The highest BCUT2D eigenvalue weighted by molar-refractivity contribution is 5.26. The van der Waals surface area contributed by atoms with Gasteiger partial charge in [-0.25, -0.2) is 0 Å². The number of methoxy groups -OCH3 is 1. The van der Waals surface area contributed by atoms with Gasteiger partial charge in [0.2, 0.25) is 0 Å². The van der Waals surface area contributed by atoms with Gasteiger partial charge >= 0.3 is 0 Å². The van der Waals surface area contributed by atoms with Crippen molar-refractivity contribution in [1.82, 2.24) is 0 Å². The first-order valence-corrected chi connectivity index (χ1v) is 17.3. The van der Waals surface area contributed by atoms with Gasteiger partial charge in [-0.1, -0.05) is 140 Å². The molecule has 1 unspecified atom stereocenters. The number of unbranched alkanes of at least 4 members (excludes halogenated alkanes) is 17. The molecule has 1 aromatic carbocycles. The molecule has 0 spiro atoms. The average Bonchev–Trinajstić information content (AvgIpc) is 2.98. The van der Waals surface area contributed by atoms with Crippen molar-refractivity contribution in [2.24, 2.45) is 5.92 Å². The van der Waals surface area contributed by atoms with Crippen LogP contribution in [0.1, 0.15) is 160 Å². The Kier molecular flexibility index (Phi) is 26.8. The van der Waals surface area contributed by atoms with Gasteiger partial charge in [0.25, 0.3) is 0 Å². The summed E-state index contributed by atoms with van der Waals surface area (Å²) in [5.41, 5.74) is 1.21. The molecule has 0 saturated heterocycles. The molecule has 3 nitrogen and oxygen atoms in total. The molecule has 0 fully saturated rings. The van der Waals surface area contributed by atoms with Crippen LogP contribution in [0.15, 0.2) is 36.4 Å². The fourth-order valence-corrected chi connectivity index (χ4v) is 5.55. The molecule has 40 heavy (non-hydrogen) atoms. The lowest BCUT2D eigenvalue weighted by molar-refractivity contribution is 0.116. The Hall–Kier alpha value is -1.32. The molecule has 0 aromatic heterocycles. The molecule has 1 N–H and O–H groups in total. The molecule has 1 rings (SSSR count). The molecular weight excluding hydrogens is 492 g/mol. The van der Waals surface area contributed by atoms with Crippen LogP contribution in [0.25, 0.3) is 0 Å². The lowest BCUT2D eigenvalue weighted by atomic mass is 9.91. The number of aliphatic hydroxyl groups excluding tert-OH is 1. The van der Waals surface area contributed by atoms with Crippen LogP contribution < -0.4 is 4.74 Å². The third kappa shape index (κ3) is 23.4. The molecule has 3 heteroatoms. The Morgan fingerprint density at radius 1 is 0.625 bits per heavy atom. The van der Waals surface area contributed by atoms with Crippen molar-refractivity contribution < 1.29 is 14.6 Å². The summed E-state index contributed by atoms with van der Waals surface area (Å²) in [5, 5.41) is 9.42. The van der Waals surface area contributed by atoms with Crippen LogP contribution in [0.4, 0.5) is 0 Å². The molecule has 232 valence electrons. The van der Waals surface area contributed by atoms with Crippen molar-refractivity contribution in [3.8, 4) is 5.75 Å². The first-order valence-electron chi connectivity index (χ1n) is 17.3. The molecule has 0 radical (unpaired) electrons. The average molecular weight is 559 g/mol. The van der Waals surface area contributed by atoms with Gasteiger partial charge in [0.15, 0.2) is 0 Å². The van der Waals surface area contributed by atoms with E-state index in [-0.39, 0.29) is 0 Å². The summed E-state index contributed by atoms with van der Waals surface area (Å²) >= 11 is 0. The number of allylic oxidation sites excluding steroid dienone is 2. The first-order chi connectivity index (χ1) is 19.8. The standard InChI is InChI=1S/C37H66O3/c1-3-4-5-6-16-19-22-25-35(31-32-38)26-23-20-17-14-12-10-8-7-9-11-13-15-18-21-24-33-40-34-36-27-29-37(39-2)30-28-36/h9,11,27-30,35,38H,3-8,10,12-26,31-34H2,1-2H3/b11-9-. The van der Waals surface area contributed by atoms with Gasteiger partial charge in [-0.05, 0) is 62.1 Å². The van der Waals surface area contributed by atoms with Crippen molar-refractivity contribution in [2.75, 3.05) is 20.3 Å². The van der Waals surface area contributed by atoms with Gasteiger partial charge < -0.3 is 14.6 Å². The summed E-state index contributed by atoms with van der Waals surface area (Å²) in [6.45, 7) is 4.20. The maximum atomic E-state index is 9.42. The van der Waals surface area contributed by atoms with Crippen LogP contribution in [0, 0.1) is 5.92 Å². The highest BCUT2D eigenvalue weighted by atomic mass is 16.5. The summed E-state index contributed by atoms with van der Waals surface area (Å²) in [6.07, 6.45) is 35.4. The lowest BCUT2D eigenvalue weighted by Gasteiger charge is -2.15. The van der Waals surface area contributed by atoms with Gasteiger partial charge in [0.1, 0.15) is 5.75 Å². The Morgan fingerprint density at radius 3 is 1.65 bits per heavy atom. The van der Waals surface area contributed by atoms with E-state index in [1.807, 2.05) is 12.1 Å². The summed E-state index contributed by atoms with van der Waals surface area (Å²) in [6, 6.07) is 8.12. The van der Waals surface area contributed by atoms with E-state index in [0.29, 0.717) is 13.2 Å². The number of aliphatic hydroxyl groups is 1. The number of ether oxygens (including phenoxy) is 2. The van der Waals surface area contributed by atoms with Gasteiger partial charge in [0.05, 0.1) is 13.7 Å². The van der Waals surface area contributed by atoms with Gasteiger partial charge in [-0.3, -0.25) is 0 Å². The zero-order chi connectivity index (χ0) is 28.8. The summed E-state index contributed by atoms with van der Waals surface area (Å²) in [4.78, 5) is 0. The summed E-state index contributed by atoms with van der Waals surface area (Å²) in [7, 11) is 1.69. The van der Waals surface area contributed by atoms with E-state index in [9.17, 15) is 5.11 Å². The molecular formula is C37H66O3. The fourth-order valence-electron chi connectivity index (χ4n) is 5.55. The number of benzene rings is 1. The third-order valence-electron chi connectivity index (χ3n) is 8.24. The van der Waals surface area contributed by atoms with Crippen LogP contribution in [0.5, 0.6) is 5.75 Å². The summed E-state index contributed by atoms with van der Waals surface area (Å²) < 4.78 is 11.0. The predicted molar refractivity (Wildman–Crippen MR) is 174 cm³/mol. The largest absolute Gasteiger partial charge is 0.497 e. The molecule has 0 bridgehead atoms. The van der Waals surface area contributed by atoms with E-state index in [0.717, 1.165) is 31.1 Å². The number of rotatable bonds is 30. The maximum Gasteiger partial charge on any atom is 0.118 e. The van der Waals surface area contributed by atoms with Crippen LogP contribution in [0.2, 0.25) is 0 Å². The quantitative estimate of drug-likeness (QED) is 0.0753. The van der Waals surface area contributed by atoms with Crippen molar-refractivity contribution >= 4 is 0 Å². The van der Waals surface area contributed by atoms with Crippen LogP contribution >= 0.6 is 0 Å². The molecule has 1 aromatic rings. The van der Waals surface area contributed by atoms with Crippen LogP contribution in [-0.4, -0.2) is 25.4 Å². The van der Waals surface area contributed by atoms with Crippen molar-refractivity contribution in [2.45, 2.75) is 161 Å². The van der Waals surface area contributed by atoms with E-state index >= 15 is 0 Å². The Balaban J connectivity index is 1.82. The highest BCUT2D eigenvalue weighted by Gasteiger charge is 2.08. The lowest BCUT2D eigenvalue weighted by Crippen LogP contribution is -2.03. The van der Waals surface area contributed by atoms with Crippen molar-refractivity contribution in [1.29, 1.82) is 0 Å². The van der Waals surface area contributed by atoms with Crippen molar-refractivity contribution in [3.05, 3.63) is 42.0 Å². The minimum absolute atomic E-state index is 0.373. The second-order valence-electron chi connectivity index (χ2n) is 11.9. The Labute approximate surface area is 249 Å². The second-order valence-corrected chi connectivity index (χ2v) is 11.9. The summed E-state index contributed by atoms with van der Waals surface area (Å²) in [5.74, 6) is 1.66. The van der Waals surface area contributed by atoms with E-state index in [1.165, 1.54) is 140 Å². The van der Waals surface area contributed by atoms with E-state index in [4.69, 9.17) is 9.47 Å². The van der Waals surface area contributed by atoms with Gasteiger partial charge in [-0.2, -0.15) is 0 Å². The smallest absolute Gasteiger partial charge is 0.118 e. The molecule has 0 saturated carbocycles. The molecule has 0 aliphatic carbocycles. The zero-order valence-corrected chi connectivity index (χ0v) is 26.7. The molecule has 0 heterocycles. The van der Waals surface area contributed by atoms with Gasteiger partial charge in [-0.15, -0.1) is 0 Å². The fraction of sp³-hybridized carbons (Fsp3) is 0.784. The van der Waals surface area contributed by atoms with Gasteiger partial charge in [0, 0.05) is 13.2 Å². The number of hydrogen-bond donors (Lipinski definition) is 1. The zero-order valence-electron chi connectivity index (χ0n) is 26.7. The molecule has 0 aliphatic rings. The molecule has 0 amide bonds. The first kappa shape index (κ1) is 36.7. The van der Waals surface area contributed by atoms with E-state index in [1.54, 1.807) is 7.11 Å². The minimum atomic E-state index is 0.373. The van der Waals surface area contributed by atoms with E-state index < -0.39 is 0 Å². The normalized spacial score (nSPS) is 12.4. The van der Waals surface area contributed by atoms with Crippen LogP contribution in [-0.2, 0) is 11.3 Å². The highest BCUT2D eigenvalue weighted by Crippen LogP contribution is 2.22. The molecule has 0 aliphatic heterocycles. The Bertz CT molecular complexity index is 654.